The normalized spacial score (nSPS) is 25.2. The average Bonchev–Trinajstić information content (AvgIpc) is 2.57. The van der Waals surface area contributed by atoms with Crippen LogP contribution < -0.4 is 10.6 Å². The lowest BCUT2D eigenvalue weighted by Gasteiger charge is -2.26. The lowest BCUT2D eigenvalue weighted by molar-refractivity contribution is -0.143. The van der Waals surface area contributed by atoms with Crippen LogP contribution in [0.1, 0.15) is 53.4 Å². The number of hydrogen-bond acceptors (Lipinski definition) is 2. The zero-order valence-corrected chi connectivity index (χ0v) is 11.7. The Kier molecular flexibility index (Phi) is 4.24. The van der Waals surface area contributed by atoms with Crippen molar-refractivity contribution in [1.29, 1.82) is 0 Å². The number of urea groups is 1. The second-order valence-corrected chi connectivity index (χ2v) is 6.19. The molecule has 104 valence electrons. The smallest absolute Gasteiger partial charge is 0.329 e. The first-order valence-corrected chi connectivity index (χ1v) is 6.50. The molecule has 1 rings (SSSR count). The standard InChI is InChI=1S/C13H24N2O3/c1-5-13(4,10(16)17)15-11(18)14-9-6-7-12(2,3)8-9/h9H,5-8H2,1-4H3,(H,16,17)(H2,14,15,18). The molecule has 0 heterocycles. The van der Waals surface area contributed by atoms with Crippen LogP contribution in [0.2, 0.25) is 0 Å². The molecular weight excluding hydrogens is 232 g/mol. The van der Waals surface area contributed by atoms with Crippen molar-refractivity contribution in [2.45, 2.75) is 65.0 Å². The van der Waals surface area contributed by atoms with E-state index in [2.05, 4.69) is 24.5 Å². The van der Waals surface area contributed by atoms with Gasteiger partial charge in [0.15, 0.2) is 0 Å². The van der Waals surface area contributed by atoms with Gasteiger partial charge in [0, 0.05) is 6.04 Å². The minimum Gasteiger partial charge on any atom is -0.480 e. The number of amides is 2. The van der Waals surface area contributed by atoms with Crippen LogP contribution in [0.3, 0.4) is 0 Å². The SMILES string of the molecule is CCC(C)(NC(=O)NC1CCC(C)(C)C1)C(=O)O. The van der Waals surface area contributed by atoms with Crippen molar-refractivity contribution < 1.29 is 14.7 Å². The van der Waals surface area contributed by atoms with Crippen LogP contribution in [-0.4, -0.2) is 28.7 Å². The molecule has 5 nitrogen and oxygen atoms in total. The molecule has 0 bridgehead atoms. The Hall–Kier alpha value is -1.26. The molecule has 0 aromatic carbocycles. The number of nitrogens with one attached hydrogen (secondary N) is 2. The van der Waals surface area contributed by atoms with Gasteiger partial charge in [0.25, 0.3) is 0 Å². The third kappa shape index (κ3) is 3.62. The predicted octanol–water partition coefficient (Wildman–Crippen LogP) is 2.12. The third-order valence-electron chi connectivity index (χ3n) is 3.87. The largest absolute Gasteiger partial charge is 0.480 e. The lowest BCUT2D eigenvalue weighted by atomic mass is 9.92. The van der Waals surface area contributed by atoms with E-state index in [1.807, 2.05) is 0 Å². The summed E-state index contributed by atoms with van der Waals surface area (Å²) in [6.45, 7) is 7.63. The van der Waals surface area contributed by atoms with E-state index in [4.69, 9.17) is 5.11 Å². The molecular formula is C13H24N2O3. The van der Waals surface area contributed by atoms with E-state index in [1.165, 1.54) is 6.92 Å². The van der Waals surface area contributed by atoms with E-state index in [0.29, 0.717) is 6.42 Å². The monoisotopic (exact) mass is 256 g/mol. The Labute approximate surface area is 108 Å². The van der Waals surface area contributed by atoms with E-state index in [-0.39, 0.29) is 17.5 Å². The number of carbonyl (C=O) groups excluding carboxylic acids is 1. The van der Waals surface area contributed by atoms with Gasteiger partial charge in [-0.05, 0) is 38.0 Å². The van der Waals surface area contributed by atoms with Gasteiger partial charge >= 0.3 is 12.0 Å². The zero-order valence-electron chi connectivity index (χ0n) is 11.7. The first kappa shape index (κ1) is 14.8. The van der Waals surface area contributed by atoms with Crippen molar-refractivity contribution >= 4 is 12.0 Å². The Balaban J connectivity index is 2.50. The van der Waals surface area contributed by atoms with Gasteiger partial charge in [-0.25, -0.2) is 9.59 Å². The summed E-state index contributed by atoms with van der Waals surface area (Å²) in [6.07, 6.45) is 3.33. The Morgan fingerprint density at radius 1 is 1.44 bits per heavy atom. The topological polar surface area (TPSA) is 78.4 Å². The first-order chi connectivity index (χ1) is 8.18. The molecule has 0 aliphatic heterocycles. The van der Waals surface area contributed by atoms with Gasteiger partial charge in [-0.3, -0.25) is 0 Å². The summed E-state index contributed by atoms with van der Waals surface area (Å²) in [6, 6.07) is -0.237. The summed E-state index contributed by atoms with van der Waals surface area (Å²) >= 11 is 0. The van der Waals surface area contributed by atoms with Gasteiger partial charge in [0.2, 0.25) is 0 Å². The van der Waals surface area contributed by atoms with Gasteiger partial charge < -0.3 is 15.7 Å². The highest BCUT2D eigenvalue weighted by molar-refractivity contribution is 5.85. The van der Waals surface area contributed by atoms with Crippen molar-refractivity contribution in [2.24, 2.45) is 5.41 Å². The number of carbonyl (C=O) groups is 2. The average molecular weight is 256 g/mol. The molecule has 0 spiro atoms. The summed E-state index contributed by atoms with van der Waals surface area (Å²) in [4.78, 5) is 22.9. The third-order valence-corrected chi connectivity index (χ3v) is 3.87. The summed E-state index contributed by atoms with van der Waals surface area (Å²) < 4.78 is 0. The van der Waals surface area contributed by atoms with E-state index < -0.39 is 11.5 Å². The van der Waals surface area contributed by atoms with Gasteiger partial charge in [-0.2, -0.15) is 0 Å². The molecule has 2 amide bonds. The Morgan fingerprint density at radius 3 is 2.44 bits per heavy atom. The molecule has 18 heavy (non-hydrogen) atoms. The first-order valence-electron chi connectivity index (χ1n) is 6.50. The van der Waals surface area contributed by atoms with Crippen LogP contribution in [0.25, 0.3) is 0 Å². The predicted molar refractivity (Wildman–Crippen MR) is 69.4 cm³/mol. The molecule has 1 fully saturated rings. The van der Waals surface area contributed by atoms with E-state index >= 15 is 0 Å². The lowest BCUT2D eigenvalue weighted by Crippen LogP contribution is -2.56. The minimum atomic E-state index is -1.20. The van der Waals surface area contributed by atoms with Crippen LogP contribution >= 0.6 is 0 Å². The minimum absolute atomic E-state index is 0.148. The van der Waals surface area contributed by atoms with Crippen LogP contribution in [-0.2, 0) is 4.79 Å². The second-order valence-electron chi connectivity index (χ2n) is 6.19. The number of hydrogen-bond donors (Lipinski definition) is 3. The van der Waals surface area contributed by atoms with E-state index in [0.717, 1.165) is 19.3 Å². The molecule has 0 saturated heterocycles. The molecule has 1 saturated carbocycles. The van der Waals surface area contributed by atoms with Crippen molar-refractivity contribution in [3.8, 4) is 0 Å². The molecule has 1 aliphatic carbocycles. The molecule has 3 N–H and O–H groups in total. The molecule has 1 aliphatic rings. The van der Waals surface area contributed by atoms with Gasteiger partial charge in [-0.1, -0.05) is 20.8 Å². The van der Waals surface area contributed by atoms with Crippen molar-refractivity contribution in [3.63, 3.8) is 0 Å². The molecule has 0 aromatic rings. The quantitative estimate of drug-likeness (QED) is 0.721. The maximum atomic E-state index is 11.8. The molecule has 0 aromatic heterocycles. The maximum absolute atomic E-state index is 11.8. The Bertz CT molecular complexity index is 341. The van der Waals surface area contributed by atoms with Gasteiger partial charge in [0.05, 0.1) is 0 Å². The summed E-state index contributed by atoms with van der Waals surface area (Å²) in [7, 11) is 0. The second kappa shape index (κ2) is 5.16. The molecule has 2 atom stereocenters. The molecule has 5 heteroatoms. The van der Waals surface area contributed by atoms with Crippen molar-refractivity contribution in [1.82, 2.24) is 10.6 Å². The highest BCUT2D eigenvalue weighted by Crippen LogP contribution is 2.36. The van der Waals surface area contributed by atoms with Gasteiger partial charge in [-0.15, -0.1) is 0 Å². The zero-order chi connectivity index (χ0) is 14.0. The van der Waals surface area contributed by atoms with E-state index in [9.17, 15) is 9.59 Å². The fraction of sp³-hybridized carbons (Fsp3) is 0.846. The van der Waals surface area contributed by atoms with E-state index in [1.54, 1.807) is 6.92 Å². The highest BCUT2D eigenvalue weighted by Gasteiger charge is 2.35. The van der Waals surface area contributed by atoms with Crippen LogP contribution in [0.4, 0.5) is 4.79 Å². The summed E-state index contributed by atoms with van der Waals surface area (Å²) in [5.74, 6) is -1.01. The number of aliphatic carboxylic acids is 1. The summed E-state index contributed by atoms with van der Waals surface area (Å²) in [5.41, 5.74) is -0.934. The highest BCUT2D eigenvalue weighted by atomic mass is 16.4. The fourth-order valence-corrected chi connectivity index (χ4v) is 2.32. The number of rotatable bonds is 4. The number of carboxylic acid groups (broad SMARTS) is 1. The molecule has 2 unspecified atom stereocenters. The Morgan fingerprint density at radius 2 is 2.06 bits per heavy atom. The van der Waals surface area contributed by atoms with Crippen LogP contribution in [0, 0.1) is 5.41 Å². The fourth-order valence-electron chi connectivity index (χ4n) is 2.32. The van der Waals surface area contributed by atoms with Crippen molar-refractivity contribution in [3.05, 3.63) is 0 Å². The van der Waals surface area contributed by atoms with Crippen LogP contribution in [0.15, 0.2) is 0 Å². The molecule has 0 radical (unpaired) electrons. The van der Waals surface area contributed by atoms with Crippen LogP contribution in [0.5, 0.6) is 0 Å². The number of carboxylic acids is 1. The maximum Gasteiger partial charge on any atom is 0.329 e. The van der Waals surface area contributed by atoms with Gasteiger partial charge in [0.1, 0.15) is 5.54 Å². The van der Waals surface area contributed by atoms with Crippen molar-refractivity contribution in [2.75, 3.05) is 0 Å². The summed E-state index contributed by atoms with van der Waals surface area (Å²) in [5, 5.41) is 14.5.